The summed E-state index contributed by atoms with van der Waals surface area (Å²) in [6, 6.07) is 15.3. The number of nitrogens with zero attached hydrogens (tertiary/aromatic N) is 1. The molecule has 0 heterocycles. The van der Waals surface area contributed by atoms with E-state index in [0.717, 1.165) is 17.1 Å². The summed E-state index contributed by atoms with van der Waals surface area (Å²) in [5.41, 5.74) is 1.73. The van der Waals surface area contributed by atoms with E-state index in [1.165, 1.54) is 0 Å². The zero-order valence-corrected chi connectivity index (χ0v) is 10.6. The highest BCUT2D eigenvalue weighted by atomic mass is 16.5. The maximum absolute atomic E-state index is 7.15. The van der Waals surface area contributed by atoms with E-state index in [1.807, 2.05) is 48.5 Å². The molecular formula is C16H15NO. The minimum Gasteiger partial charge on any atom is -0.457 e. The van der Waals surface area contributed by atoms with Gasteiger partial charge in [0.25, 0.3) is 0 Å². The topological polar surface area (TPSA) is 13.6 Å². The lowest BCUT2D eigenvalue weighted by Gasteiger charge is -2.11. The van der Waals surface area contributed by atoms with E-state index in [2.05, 4.69) is 18.7 Å². The van der Waals surface area contributed by atoms with Crippen molar-refractivity contribution in [2.45, 2.75) is 19.8 Å². The van der Waals surface area contributed by atoms with E-state index in [1.54, 1.807) is 0 Å². The Morgan fingerprint density at radius 3 is 2.33 bits per heavy atom. The number of ether oxygens (including phenoxy) is 1. The van der Waals surface area contributed by atoms with E-state index in [0.29, 0.717) is 11.6 Å². The Balaban J connectivity index is 2.31. The van der Waals surface area contributed by atoms with E-state index in [-0.39, 0.29) is 0 Å². The van der Waals surface area contributed by atoms with Gasteiger partial charge in [0.15, 0.2) is 5.69 Å². The summed E-state index contributed by atoms with van der Waals surface area (Å²) >= 11 is 0. The number of hydrogen-bond acceptors (Lipinski definition) is 1. The highest BCUT2D eigenvalue weighted by molar-refractivity contribution is 5.56. The molecule has 0 aromatic heterocycles. The zero-order chi connectivity index (χ0) is 13.0. The average molecular weight is 237 g/mol. The second-order valence-corrected chi connectivity index (χ2v) is 4.40. The van der Waals surface area contributed by atoms with Crippen LogP contribution < -0.4 is 4.74 Å². The van der Waals surface area contributed by atoms with Crippen molar-refractivity contribution in [1.29, 1.82) is 0 Å². The monoisotopic (exact) mass is 237 g/mol. The van der Waals surface area contributed by atoms with E-state index < -0.39 is 0 Å². The normalized spacial score (nSPS) is 10.1. The summed E-state index contributed by atoms with van der Waals surface area (Å²) in [7, 11) is 0. The highest BCUT2D eigenvalue weighted by Crippen LogP contribution is 2.32. The first-order valence-corrected chi connectivity index (χ1v) is 5.95. The molecular weight excluding hydrogens is 222 g/mol. The van der Waals surface area contributed by atoms with E-state index >= 15 is 0 Å². The van der Waals surface area contributed by atoms with Crippen molar-refractivity contribution < 1.29 is 4.74 Å². The van der Waals surface area contributed by atoms with Crippen molar-refractivity contribution in [3.63, 3.8) is 0 Å². The minimum atomic E-state index is 0.313. The van der Waals surface area contributed by atoms with Gasteiger partial charge < -0.3 is 4.74 Å². The van der Waals surface area contributed by atoms with Crippen LogP contribution in [0.3, 0.4) is 0 Å². The largest absolute Gasteiger partial charge is 0.457 e. The van der Waals surface area contributed by atoms with Gasteiger partial charge in [0.1, 0.15) is 11.5 Å². The molecule has 2 aromatic carbocycles. The number of para-hydroxylation sites is 1. The van der Waals surface area contributed by atoms with Gasteiger partial charge in [-0.1, -0.05) is 38.1 Å². The van der Waals surface area contributed by atoms with Crippen LogP contribution in [0.15, 0.2) is 48.5 Å². The van der Waals surface area contributed by atoms with Gasteiger partial charge in [0.2, 0.25) is 0 Å². The van der Waals surface area contributed by atoms with Crippen LogP contribution >= 0.6 is 0 Å². The summed E-state index contributed by atoms with van der Waals surface area (Å²) in [6.45, 7) is 11.3. The number of rotatable bonds is 3. The molecule has 2 rings (SSSR count). The Hall–Kier alpha value is -2.27. The van der Waals surface area contributed by atoms with Gasteiger partial charge >= 0.3 is 0 Å². The molecule has 18 heavy (non-hydrogen) atoms. The molecule has 0 bridgehead atoms. The lowest BCUT2D eigenvalue weighted by Crippen LogP contribution is -1.90. The minimum absolute atomic E-state index is 0.313. The quantitative estimate of drug-likeness (QED) is 0.673. The Kier molecular flexibility index (Phi) is 3.64. The Labute approximate surface area is 108 Å². The SMILES string of the molecule is [C-]#[N+]c1ccc(Oc2ccccc2)cc1C(C)C. The van der Waals surface area contributed by atoms with Crippen LogP contribution in [0.2, 0.25) is 0 Å². The molecule has 0 fully saturated rings. The fourth-order valence-corrected chi connectivity index (χ4v) is 1.78. The lowest BCUT2D eigenvalue weighted by molar-refractivity contribution is 0.481. The first-order valence-electron chi connectivity index (χ1n) is 5.95. The maximum Gasteiger partial charge on any atom is 0.190 e. The van der Waals surface area contributed by atoms with Crippen molar-refractivity contribution >= 4 is 5.69 Å². The molecule has 0 atom stereocenters. The first-order chi connectivity index (χ1) is 8.70. The highest BCUT2D eigenvalue weighted by Gasteiger charge is 2.08. The van der Waals surface area contributed by atoms with E-state index in [4.69, 9.17) is 11.3 Å². The summed E-state index contributed by atoms with van der Waals surface area (Å²) in [5.74, 6) is 1.90. The molecule has 0 spiro atoms. The van der Waals surface area contributed by atoms with Gasteiger partial charge in [-0.15, -0.1) is 0 Å². The molecule has 0 aliphatic rings. The van der Waals surface area contributed by atoms with Gasteiger partial charge in [-0.2, -0.15) is 0 Å². The fourth-order valence-electron chi connectivity index (χ4n) is 1.78. The van der Waals surface area contributed by atoms with Gasteiger partial charge in [0.05, 0.1) is 6.57 Å². The second kappa shape index (κ2) is 5.37. The van der Waals surface area contributed by atoms with Gasteiger partial charge in [-0.05, 0) is 35.7 Å². The van der Waals surface area contributed by atoms with Crippen LogP contribution in [0, 0.1) is 6.57 Å². The number of hydrogen-bond donors (Lipinski definition) is 0. The summed E-state index contributed by atoms with van der Waals surface area (Å²) in [6.07, 6.45) is 0. The molecule has 0 aliphatic carbocycles. The van der Waals surface area contributed by atoms with Crippen LogP contribution in [0.5, 0.6) is 11.5 Å². The Bertz CT molecular complexity index is 567. The lowest BCUT2D eigenvalue weighted by atomic mass is 10.0. The van der Waals surface area contributed by atoms with Crippen molar-refractivity contribution in [3.8, 4) is 11.5 Å². The van der Waals surface area contributed by atoms with Gasteiger partial charge in [0, 0.05) is 0 Å². The van der Waals surface area contributed by atoms with Gasteiger partial charge in [-0.25, -0.2) is 4.85 Å². The predicted molar refractivity (Wildman–Crippen MR) is 73.3 cm³/mol. The smallest absolute Gasteiger partial charge is 0.190 e. The third-order valence-corrected chi connectivity index (χ3v) is 2.72. The molecule has 0 saturated heterocycles. The van der Waals surface area contributed by atoms with Crippen molar-refractivity contribution in [1.82, 2.24) is 0 Å². The third-order valence-electron chi connectivity index (χ3n) is 2.72. The number of benzene rings is 2. The standard InChI is InChI=1S/C16H15NO/c1-12(2)15-11-14(9-10-16(15)17-3)18-13-7-5-4-6-8-13/h4-12H,1-2H3. The molecule has 0 amide bonds. The molecule has 2 heteroatoms. The summed E-state index contributed by atoms with van der Waals surface area (Å²) < 4.78 is 5.77. The zero-order valence-electron chi connectivity index (χ0n) is 10.6. The molecule has 0 saturated carbocycles. The van der Waals surface area contributed by atoms with Crippen LogP contribution in [0.25, 0.3) is 4.85 Å². The second-order valence-electron chi connectivity index (χ2n) is 4.40. The van der Waals surface area contributed by atoms with Crippen LogP contribution in [0.1, 0.15) is 25.3 Å². The van der Waals surface area contributed by atoms with Crippen molar-refractivity contribution in [2.75, 3.05) is 0 Å². The molecule has 2 nitrogen and oxygen atoms in total. The van der Waals surface area contributed by atoms with Crippen LogP contribution in [-0.2, 0) is 0 Å². The molecule has 0 unspecified atom stereocenters. The van der Waals surface area contributed by atoms with Crippen LogP contribution in [0.4, 0.5) is 5.69 Å². The molecule has 0 radical (unpaired) electrons. The summed E-state index contributed by atoms with van der Waals surface area (Å²) in [4.78, 5) is 3.53. The fraction of sp³-hybridized carbons (Fsp3) is 0.188. The van der Waals surface area contributed by atoms with Crippen molar-refractivity contribution in [3.05, 3.63) is 65.5 Å². The Morgan fingerprint density at radius 2 is 1.72 bits per heavy atom. The Morgan fingerprint density at radius 1 is 1.00 bits per heavy atom. The van der Waals surface area contributed by atoms with E-state index in [9.17, 15) is 0 Å². The molecule has 90 valence electrons. The predicted octanol–water partition coefficient (Wildman–Crippen LogP) is 5.15. The van der Waals surface area contributed by atoms with Gasteiger partial charge in [-0.3, -0.25) is 0 Å². The summed E-state index contributed by atoms with van der Waals surface area (Å²) in [5, 5.41) is 0. The average Bonchev–Trinajstić information content (AvgIpc) is 2.40. The maximum atomic E-state index is 7.15. The molecule has 0 N–H and O–H groups in total. The van der Waals surface area contributed by atoms with Crippen LogP contribution in [-0.4, -0.2) is 0 Å². The first kappa shape index (κ1) is 12.2. The molecule has 2 aromatic rings. The molecule has 0 aliphatic heterocycles. The van der Waals surface area contributed by atoms with Crippen molar-refractivity contribution in [2.24, 2.45) is 0 Å². The third kappa shape index (κ3) is 2.70.